The van der Waals surface area contributed by atoms with Gasteiger partial charge in [0.25, 0.3) is 5.91 Å². The Hall–Kier alpha value is -4.21. The topological polar surface area (TPSA) is 106 Å². The highest BCUT2D eigenvalue weighted by Crippen LogP contribution is 2.30. The molecular formula is C30H34N8O. The molecule has 200 valence electrons. The third kappa shape index (κ3) is 5.64. The zero-order valence-electron chi connectivity index (χ0n) is 22.0. The lowest BCUT2D eigenvalue weighted by atomic mass is 10.1. The van der Waals surface area contributed by atoms with E-state index in [0.717, 1.165) is 93.1 Å². The van der Waals surface area contributed by atoms with Crippen LogP contribution in [-0.2, 0) is 6.54 Å². The van der Waals surface area contributed by atoms with Gasteiger partial charge in [-0.05, 0) is 35.9 Å². The van der Waals surface area contributed by atoms with Gasteiger partial charge in [0.2, 0.25) is 0 Å². The molecule has 9 nitrogen and oxygen atoms in total. The van der Waals surface area contributed by atoms with Crippen LogP contribution < -0.4 is 20.9 Å². The summed E-state index contributed by atoms with van der Waals surface area (Å²) in [5.41, 5.74) is 11.2. The number of aromatic amines is 1. The standard InChI is InChI=1S/C30H34N8O/c31-29(39)25-19-27(35-30(25)38-12-10-32-11-13-38)23-8-9-33-26(18-23)24-6-7-28(34-20-24)37-16-14-36(15-17-37)21-22-4-2-1-3-5-22/h1-9,18-20,32,35H,10-17,21H2,(H2,31,39). The number of hydrogen-bond donors (Lipinski definition) is 3. The molecule has 0 bridgehead atoms. The van der Waals surface area contributed by atoms with E-state index in [4.69, 9.17) is 10.7 Å². The maximum Gasteiger partial charge on any atom is 0.252 e. The molecule has 0 aliphatic carbocycles. The summed E-state index contributed by atoms with van der Waals surface area (Å²) >= 11 is 0. The van der Waals surface area contributed by atoms with Crippen LogP contribution in [0.3, 0.4) is 0 Å². The van der Waals surface area contributed by atoms with Crippen molar-refractivity contribution in [2.45, 2.75) is 6.54 Å². The fourth-order valence-electron chi connectivity index (χ4n) is 5.38. The molecule has 2 saturated heterocycles. The molecule has 0 spiro atoms. The van der Waals surface area contributed by atoms with E-state index in [1.165, 1.54) is 5.56 Å². The van der Waals surface area contributed by atoms with E-state index in [9.17, 15) is 4.79 Å². The van der Waals surface area contributed by atoms with Gasteiger partial charge in [0.05, 0.1) is 11.3 Å². The molecule has 2 fully saturated rings. The fourth-order valence-corrected chi connectivity index (χ4v) is 5.38. The molecule has 0 atom stereocenters. The van der Waals surface area contributed by atoms with Gasteiger partial charge in [0, 0.05) is 88.1 Å². The van der Waals surface area contributed by atoms with Crippen LogP contribution in [0.15, 0.2) is 73.1 Å². The van der Waals surface area contributed by atoms with Gasteiger partial charge in [-0.1, -0.05) is 30.3 Å². The first-order chi connectivity index (χ1) is 19.1. The smallest absolute Gasteiger partial charge is 0.252 e. The Bertz CT molecular complexity index is 1400. The number of hydrogen-bond acceptors (Lipinski definition) is 7. The second-order valence-corrected chi connectivity index (χ2v) is 10.1. The molecule has 0 radical (unpaired) electrons. The number of piperazine rings is 2. The van der Waals surface area contributed by atoms with Crippen molar-refractivity contribution in [3.8, 4) is 22.5 Å². The van der Waals surface area contributed by atoms with Gasteiger partial charge in [-0.3, -0.25) is 14.7 Å². The SMILES string of the molecule is NC(=O)c1cc(-c2ccnc(-c3ccc(N4CCN(Cc5ccccc5)CC4)nc3)c2)[nH]c1N1CCNCC1. The van der Waals surface area contributed by atoms with E-state index in [1.807, 2.05) is 24.4 Å². The van der Waals surface area contributed by atoms with E-state index >= 15 is 0 Å². The minimum atomic E-state index is -0.430. The van der Waals surface area contributed by atoms with Crippen molar-refractivity contribution < 1.29 is 4.79 Å². The van der Waals surface area contributed by atoms with Crippen LogP contribution >= 0.6 is 0 Å². The number of nitrogens with zero attached hydrogens (tertiary/aromatic N) is 5. The summed E-state index contributed by atoms with van der Waals surface area (Å²) < 4.78 is 0. The molecule has 3 aromatic heterocycles. The highest BCUT2D eigenvalue weighted by molar-refractivity contribution is 5.99. The number of primary amides is 1. The number of H-pyrrole nitrogens is 1. The first-order valence-electron chi connectivity index (χ1n) is 13.6. The van der Waals surface area contributed by atoms with Gasteiger partial charge < -0.3 is 25.8 Å². The molecule has 4 aromatic rings. The maximum atomic E-state index is 12.2. The number of benzene rings is 1. The molecule has 39 heavy (non-hydrogen) atoms. The van der Waals surface area contributed by atoms with Crippen molar-refractivity contribution in [2.75, 3.05) is 62.2 Å². The predicted molar refractivity (Wildman–Crippen MR) is 155 cm³/mol. The average molecular weight is 523 g/mol. The third-order valence-electron chi connectivity index (χ3n) is 7.56. The van der Waals surface area contributed by atoms with Gasteiger partial charge in [0.15, 0.2) is 0 Å². The number of carbonyl (C=O) groups excluding carboxylic acids is 1. The Morgan fingerprint density at radius 1 is 0.846 bits per heavy atom. The zero-order chi connectivity index (χ0) is 26.6. The molecule has 2 aliphatic rings. The van der Waals surface area contributed by atoms with Gasteiger partial charge in [-0.15, -0.1) is 0 Å². The summed E-state index contributed by atoms with van der Waals surface area (Å²) in [7, 11) is 0. The van der Waals surface area contributed by atoms with Crippen molar-refractivity contribution in [3.63, 3.8) is 0 Å². The molecule has 5 heterocycles. The maximum absolute atomic E-state index is 12.2. The minimum Gasteiger partial charge on any atom is -0.365 e. The quantitative estimate of drug-likeness (QED) is 0.343. The minimum absolute atomic E-state index is 0.430. The highest BCUT2D eigenvalue weighted by Gasteiger charge is 2.21. The van der Waals surface area contributed by atoms with Crippen LogP contribution in [0.1, 0.15) is 15.9 Å². The van der Waals surface area contributed by atoms with Crippen molar-refractivity contribution in [1.82, 2.24) is 25.2 Å². The van der Waals surface area contributed by atoms with Crippen LogP contribution in [0, 0.1) is 0 Å². The molecule has 0 saturated carbocycles. The summed E-state index contributed by atoms with van der Waals surface area (Å²) in [6, 6.07) is 20.6. The first-order valence-corrected chi connectivity index (χ1v) is 13.6. The van der Waals surface area contributed by atoms with E-state index in [0.29, 0.717) is 5.56 Å². The molecule has 2 aliphatic heterocycles. The first kappa shape index (κ1) is 25.1. The van der Waals surface area contributed by atoms with Crippen molar-refractivity contribution in [1.29, 1.82) is 0 Å². The predicted octanol–water partition coefficient (Wildman–Crippen LogP) is 2.97. The molecule has 1 aromatic carbocycles. The Balaban J connectivity index is 1.15. The Kier molecular flexibility index (Phi) is 7.25. The third-order valence-corrected chi connectivity index (χ3v) is 7.56. The van der Waals surface area contributed by atoms with Crippen molar-refractivity contribution in [3.05, 3.63) is 84.2 Å². The number of aromatic nitrogens is 3. The van der Waals surface area contributed by atoms with Crippen LogP contribution in [0.5, 0.6) is 0 Å². The second-order valence-electron chi connectivity index (χ2n) is 10.1. The highest BCUT2D eigenvalue weighted by atomic mass is 16.1. The number of nitrogens with one attached hydrogen (secondary N) is 2. The van der Waals surface area contributed by atoms with Crippen LogP contribution in [0.25, 0.3) is 22.5 Å². The molecule has 0 unspecified atom stereocenters. The number of pyridine rings is 2. The van der Waals surface area contributed by atoms with Crippen LogP contribution in [0.2, 0.25) is 0 Å². The lowest BCUT2D eigenvalue weighted by molar-refractivity contribution is 0.100. The zero-order valence-corrected chi connectivity index (χ0v) is 22.0. The number of carbonyl (C=O) groups is 1. The summed E-state index contributed by atoms with van der Waals surface area (Å²) in [5, 5.41) is 3.34. The largest absolute Gasteiger partial charge is 0.365 e. The fraction of sp³-hybridized carbons (Fsp3) is 0.300. The van der Waals surface area contributed by atoms with E-state index < -0.39 is 5.91 Å². The number of anilines is 2. The Morgan fingerprint density at radius 2 is 1.64 bits per heavy atom. The molecule has 6 rings (SSSR count). The number of rotatable bonds is 7. The molecule has 4 N–H and O–H groups in total. The lowest BCUT2D eigenvalue weighted by Gasteiger charge is -2.35. The number of nitrogens with two attached hydrogens (primary N) is 1. The molecule has 1 amide bonds. The summed E-state index contributed by atoms with van der Waals surface area (Å²) in [4.78, 5) is 32.0. The Labute approximate surface area is 228 Å². The Morgan fingerprint density at radius 3 is 2.36 bits per heavy atom. The molecular weight excluding hydrogens is 488 g/mol. The van der Waals surface area contributed by atoms with E-state index in [2.05, 4.69) is 72.4 Å². The normalized spacial score (nSPS) is 16.4. The van der Waals surface area contributed by atoms with Crippen molar-refractivity contribution in [2.24, 2.45) is 5.73 Å². The van der Waals surface area contributed by atoms with Gasteiger partial charge >= 0.3 is 0 Å². The number of amides is 1. The molecule has 9 heteroatoms. The van der Waals surface area contributed by atoms with Gasteiger partial charge in [0.1, 0.15) is 11.6 Å². The summed E-state index contributed by atoms with van der Waals surface area (Å²) in [6.45, 7) is 8.32. The second kappa shape index (κ2) is 11.3. The average Bonchev–Trinajstić information content (AvgIpc) is 3.45. The lowest BCUT2D eigenvalue weighted by Crippen LogP contribution is -2.46. The summed E-state index contributed by atoms with van der Waals surface area (Å²) in [5.74, 6) is 1.35. The van der Waals surface area contributed by atoms with E-state index in [1.54, 1.807) is 6.20 Å². The van der Waals surface area contributed by atoms with Gasteiger partial charge in [-0.2, -0.15) is 0 Å². The van der Waals surface area contributed by atoms with Gasteiger partial charge in [-0.25, -0.2) is 4.98 Å². The van der Waals surface area contributed by atoms with Crippen LogP contribution in [0.4, 0.5) is 11.6 Å². The van der Waals surface area contributed by atoms with E-state index in [-0.39, 0.29) is 0 Å². The summed E-state index contributed by atoms with van der Waals surface area (Å²) in [6.07, 6.45) is 3.69. The van der Waals surface area contributed by atoms with Crippen LogP contribution in [-0.4, -0.2) is 78.1 Å². The van der Waals surface area contributed by atoms with Crippen molar-refractivity contribution >= 4 is 17.5 Å². The monoisotopic (exact) mass is 522 g/mol.